The summed E-state index contributed by atoms with van der Waals surface area (Å²) in [6.45, 7) is 6.86. The molecule has 0 aliphatic heterocycles. The maximum absolute atomic E-state index is 13.2. The van der Waals surface area contributed by atoms with Gasteiger partial charge >= 0.3 is 0 Å². The van der Waals surface area contributed by atoms with E-state index in [1.54, 1.807) is 0 Å². The zero-order valence-corrected chi connectivity index (χ0v) is 14.8. The van der Waals surface area contributed by atoms with Crippen molar-refractivity contribution >= 4 is 5.78 Å². The van der Waals surface area contributed by atoms with Crippen LogP contribution < -0.4 is 0 Å². The summed E-state index contributed by atoms with van der Waals surface area (Å²) < 4.78 is 0. The molecule has 130 valence electrons. The zero-order chi connectivity index (χ0) is 16.6. The molecule has 4 aliphatic carbocycles. The van der Waals surface area contributed by atoms with Crippen molar-refractivity contribution in [2.45, 2.75) is 71.8 Å². The van der Waals surface area contributed by atoms with Gasteiger partial charge in [-0.3, -0.25) is 4.79 Å². The van der Waals surface area contributed by atoms with E-state index in [1.807, 2.05) is 0 Å². The van der Waals surface area contributed by atoms with Gasteiger partial charge in [0.25, 0.3) is 0 Å². The van der Waals surface area contributed by atoms with Crippen molar-refractivity contribution in [2.24, 2.45) is 39.9 Å². The molecule has 0 radical (unpaired) electrons. The number of Topliss-reactive ketones (excluding diaryl/α,β-unsaturated/α-hetero) is 1. The third-order valence-electron chi connectivity index (χ3n) is 8.77. The van der Waals surface area contributed by atoms with Gasteiger partial charge in [0.15, 0.2) is 0 Å². The molecular weight excluding hydrogens is 288 g/mol. The SMILES string of the molecule is C[C@H]1C(=O)[C@]23C[C@H]1CC[C@H]2[C@]1(CO)CCCC(C)(C)[C@H]1C[C@H]3O. The van der Waals surface area contributed by atoms with Crippen molar-refractivity contribution in [2.75, 3.05) is 6.61 Å². The van der Waals surface area contributed by atoms with Gasteiger partial charge in [-0.15, -0.1) is 0 Å². The monoisotopic (exact) mass is 320 g/mol. The average Bonchev–Trinajstić information content (AvgIpc) is 2.71. The smallest absolute Gasteiger partial charge is 0.144 e. The molecule has 2 N–H and O–H groups in total. The highest BCUT2D eigenvalue weighted by Crippen LogP contribution is 2.71. The number of aliphatic hydroxyl groups excluding tert-OH is 2. The molecule has 0 amide bonds. The van der Waals surface area contributed by atoms with Crippen molar-refractivity contribution < 1.29 is 15.0 Å². The lowest BCUT2D eigenvalue weighted by molar-refractivity contribution is -0.214. The molecule has 0 saturated heterocycles. The van der Waals surface area contributed by atoms with Crippen LogP contribution >= 0.6 is 0 Å². The van der Waals surface area contributed by atoms with Gasteiger partial charge in [-0.25, -0.2) is 0 Å². The van der Waals surface area contributed by atoms with Crippen LogP contribution in [0.25, 0.3) is 0 Å². The highest BCUT2D eigenvalue weighted by Gasteiger charge is 2.71. The van der Waals surface area contributed by atoms with Gasteiger partial charge in [0.05, 0.1) is 11.5 Å². The molecule has 1 spiro atoms. The molecule has 0 aromatic rings. The van der Waals surface area contributed by atoms with E-state index in [2.05, 4.69) is 20.8 Å². The summed E-state index contributed by atoms with van der Waals surface area (Å²) in [6.07, 6.45) is 6.52. The van der Waals surface area contributed by atoms with Crippen LogP contribution in [0.2, 0.25) is 0 Å². The van der Waals surface area contributed by atoms with Crippen LogP contribution in [0.1, 0.15) is 65.7 Å². The summed E-state index contributed by atoms with van der Waals surface area (Å²) in [5, 5.41) is 21.7. The van der Waals surface area contributed by atoms with E-state index in [9.17, 15) is 15.0 Å². The second-order valence-electron chi connectivity index (χ2n) is 9.82. The number of hydrogen-bond acceptors (Lipinski definition) is 3. The van der Waals surface area contributed by atoms with Gasteiger partial charge in [0, 0.05) is 17.9 Å². The van der Waals surface area contributed by atoms with Crippen LogP contribution in [0.15, 0.2) is 0 Å². The molecule has 4 fully saturated rings. The third-order valence-corrected chi connectivity index (χ3v) is 8.77. The number of carbonyl (C=O) groups excluding carboxylic acids is 1. The lowest BCUT2D eigenvalue weighted by Gasteiger charge is -2.65. The molecule has 23 heavy (non-hydrogen) atoms. The van der Waals surface area contributed by atoms with Crippen LogP contribution in [-0.4, -0.2) is 28.7 Å². The van der Waals surface area contributed by atoms with Gasteiger partial charge < -0.3 is 10.2 Å². The maximum atomic E-state index is 13.2. The molecule has 3 heteroatoms. The maximum Gasteiger partial charge on any atom is 0.144 e. The van der Waals surface area contributed by atoms with Crippen molar-refractivity contribution in [1.82, 2.24) is 0 Å². The predicted octanol–water partition coefficient (Wildman–Crippen LogP) is 3.18. The second-order valence-corrected chi connectivity index (χ2v) is 9.82. The topological polar surface area (TPSA) is 57.5 Å². The number of hydrogen-bond donors (Lipinski definition) is 2. The normalized spacial score (nSPS) is 54.5. The highest BCUT2D eigenvalue weighted by molar-refractivity contribution is 5.91. The summed E-state index contributed by atoms with van der Waals surface area (Å²) >= 11 is 0. The molecule has 7 atom stereocenters. The van der Waals surface area contributed by atoms with E-state index in [1.165, 1.54) is 6.42 Å². The first-order valence-electron chi connectivity index (χ1n) is 9.63. The minimum atomic E-state index is -0.547. The number of rotatable bonds is 1. The first kappa shape index (κ1) is 16.1. The van der Waals surface area contributed by atoms with E-state index in [0.29, 0.717) is 24.0 Å². The number of carbonyl (C=O) groups is 1. The van der Waals surface area contributed by atoms with E-state index in [4.69, 9.17) is 0 Å². The van der Waals surface area contributed by atoms with Gasteiger partial charge in [-0.1, -0.05) is 27.2 Å². The number of ketones is 1. The molecule has 4 rings (SSSR count). The Balaban J connectivity index is 1.85. The molecular formula is C20H32O3. The van der Waals surface area contributed by atoms with Gasteiger partial charge in [-0.2, -0.15) is 0 Å². The van der Waals surface area contributed by atoms with Gasteiger partial charge in [0.1, 0.15) is 5.78 Å². The van der Waals surface area contributed by atoms with E-state index in [0.717, 1.165) is 32.1 Å². The average molecular weight is 320 g/mol. The zero-order valence-electron chi connectivity index (χ0n) is 14.8. The Morgan fingerprint density at radius 2 is 1.91 bits per heavy atom. The Hall–Kier alpha value is -0.410. The van der Waals surface area contributed by atoms with Crippen LogP contribution in [0.4, 0.5) is 0 Å². The molecule has 3 nitrogen and oxygen atoms in total. The molecule has 4 aliphatic rings. The standard InChI is InChI=1S/C20H32O3/c1-12-13-5-6-14-19(11-21)8-4-7-18(2,3)15(19)9-16(22)20(14,10-13)17(12)23/h12-16,21-22H,4-11H2,1-3H3/t12-,13-,14+,15-,16-,19-,20-/m1/s1. The lowest BCUT2D eigenvalue weighted by Crippen LogP contribution is -2.65. The lowest BCUT2D eigenvalue weighted by atomic mass is 9.40. The van der Waals surface area contributed by atoms with Gasteiger partial charge in [-0.05, 0) is 61.7 Å². The van der Waals surface area contributed by atoms with Crippen molar-refractivity contribution in [3.8, 4) is 0 Å². The van der Waals surface area contributed by atoms with E-state index in [-0.39, 0.29) is 29.3 Å². The van der Waals surface area contributed by atoms with Crippen molar-refractivity contribution in [1.29, 1.82) is 0 Å². The Bertz CT molecular complexity index is 527. The first-order chi connectivity index (χ1) is 10.8. The number of fused-ring (bicyclic) bond motifs is 3. The van der Waals surface area contributed by atoms with Crippen LogP contribution in [0.3, 0.4) is 0 Å². The molecule has 0 heterocycles. The highest BCUT2D eigenvalue weighted by atomic mass is 16.3. The quantitative estimate of drug-likeness (QED) is 0.780. The summed E-state index contributed by atoms with van der Waals surface area (Å²) in [4.78, 5) is 13.2. The summed E-state index contributed by atoms with van der Waals surface area (Å²) in [7, 11) is 0. The fourth-order valence-electron chi connectivity index (χ4n) is 7.69. The minimum absolute atomic E-state index is 0.0959. The summed E-state index contributed by atoms with van der Waals surface area (Å²) in [5.74, 6) is 1.38. The van der Waals surface area contributed by atoms with E-state index < -0.39 is 11.5 Å². The Kier molecular flexibility index (Phi) is 3.37. The summed E-state index contributed by atoms with van der Waals surface area (Å²) in [6, 6.07) is 0. The molecule has 0 aromatic carbocycles. The fraction of sp³-hybridized carbons (Fsp3) is 0.950. The first-order valence-corrected chi connectivity index (χ1v) is 9.63. The Labute approximate surface area is 139 Å². The van der Waals surface area contributed by atoms with Crippen molar-refractivity contribution in [3.05, 3.63) is 0 Å². The molecule has 0 aromatic heterocycles. The Morgan fingerprint density at radius 3 is 2.61 bits per heavy atom. The minimum Gasteiger partial charge on any atom is -0.396 e. The molecule has 0 unspecified atom stereocenters. The summed E-state index contributed by atoms with van der Waals surface area (Å²) in [5.41, 5.74) is -0.547. The predicted molar refractivity (Wildman–Crippen MR) is 88.7 cm³/mol. The number of aliphatic hydroxyl groups is 2. The van der Waals surface area contributed by atoms with Crippen LogP contribution in [0, 0.1) is 39.9 Å². The third kappa shape index (κ3) is 1.76. The Morgan fingerprint density at radius 1 is 1.17 bits per heavy atom. The van der Waals surface area contributed by atoms with Gasteiger partial charge in [0.2, 0.25) is 0 Å². The fourth-order valence-corrected chi connectivity index (χ4v) is 7.69. The van der Waals surface area contributed by atoms with Crippen LogP contribution in [0.5, 0.6) is 0 Å². The van der Waals surface area contributed by atoms with E-state index >= 15 is 0 Å². The largest absolute Gasteiger partial charge is 0.396 e. The second kappa shape index (κ2) is 4.82. The van der Waals surface area contributed by atoms with Crippen molar-refractivity contribution in [3.63, 3.8) is 0 Å². The molecule has 4 saturated carbocycles. The van der Waals surface area contributed by atoms with Crippen LogP contribution in [-0.2, 0) is 4.79 Å². The molecule has 2 bridgehead atoms.